The van der Waals surface area contributed by atoms with Gasteiger partial charge in [-0.2, -0.15) is 0 Å². The average Bonchev–Trinajstić information content (AvgIpc) is 3.17. The minimum Gasteiger partial charge on any atom is -0.497 e. The Labute approximate surface area is 179 Å². The van der Waals surface area contributed by atoms with Crippen LogP contribution in [-0.2, 0) is 0 Å². The molecule has 4 rings (SSSR count). The van der Waals surface area contributed by atoms with E-state index in [1.54, 1.807) is 60.7 Å². The lowest BCUT2D eigenvalue weighted by Crippen LogP contribution is -2.14. The summed E-state index contributed by atoms with van der Waals surface area (Å²) in [6.45, 7) is 2.44. The van der Waals surface area contributed by atoms with Gasteiger partial charge in [0.1, 0.15) is 17.1 Å². The Bertz CT molecular complexity index is 1240. The van der Waals surface area contributed by atoms with Gasteiger partial charge < -0.3 is 19.2 Å². The van der Waals surface area contributed by atoms with E-state index in [9.17, 15) is 9.59 Å². The van der Waals surface area contributed by atoms with E-state index in [2.05, 4.69) is 5.32 Å². The van der Waals surface area contributed by atoms with Crippen LogP contribution in [0.1, 0.15) is 33.4 Å². The molecule has 0 aliphatic heterocycles. The van der Waals surface area contributed by atoms with Crippen molar-refractivity contribution in [3.05, 3.63) is 89.7 Å². The number of rotatable bonds is 7. The average molecular weight is 415 g/mol. The summed E-state index contributed by atoms with van der Waals surface area (Å²) in [7, 11) is 1.53. The molecule has 1 amide bonds. The summed E-state index contributed by atoms with van der Waals surface area (Å²) in [5, 5.41) is 3.50. The molecule has 0 saturated carbocycles. The summed E-state index contributed by atoms with van der Waals surface area (Å²) in [5.41, 5.74) is 1.68. The second-order valence-corrected chi connectivity index (χ2v) is 6.77. The van der Waals surface area contributed by atoms with Crippen molar-refractivity contribution >= 4 is 28.3 Å². The highest BCUT2D eigenvalue weighted by Gasteiger charge is 2.24. The van der Waals surface area contributed by atoms with E-state index in [0.717, 1.165) is 0 Å². The van der Waals surface area contributed by atoms with Gasteiger partial charge in [0.25, 0.3) is 5.91 Å². The molecule has 0 bridgehead atoms. The van der Waals surface area contributed by atoms with Gasteiger partial charge in [0.2, 0.25) is 5.78 Å². The maximum Gasteiger partial charge on any atom is 0.255 e. The molecule has 0 spiro atoms. The van der Waals surface area contributed by atoms with E-state index in [0.29, 0.717) is 45.9 Å². The number of carbonyl (C=O) groups excluding carboxylic acids is 2. The second kappa shape index (κ2) is 8.75. The number of furan rings is 1. The summed E-state index contributed by atoms with van der Waals surface area (Å²) in [6, 6.07) is 20.8. The Hall–Kier alpha value is -4.06. The van der Waals surface area contributed by atoms with Crippen LogP contribution in [0, 0.1) is 0 Å². The lowest BCUT2D eigenvalue weighted by atomic mass is 10.1. The first-order valence-corrected chi connectivity index (χ1v) is 9.85. The van der Waals surface area contributed by atoms with Crippen LogP contribution in [0.25, 0.3) is 11.0 Å². The molecular weight excluding hydrogens is 394 g/mol. The summed E-state index contributed by atoms with van der Waals surface area (Å²) in [5.74, 6) is 0.601. The normalized spacial score (nSPS) is 10.6. The highest BCUT2D eigenvalue weighted by atomic mass is 16.5. The Morgan fingerprint density at radius 3 is 2.42 bits per heavy atom. The first-order valence-electron chi connectivity index (χ1n) is 9.85. The molecule has 1 N–H and O–H groups in total. The fourth-order valence-electron chi connectivity index (χ4n) is 3.28. The first kappa shape index (κ1) is 20.2. The molecule has 3 aromatic carbocycles. The number of nitrogens with one attached hydrogen (secondary N) is 1. The highest BCUT2D eigenvalue weighted by Crippen LogP contribution is 2.33. The van der Waals surface area contributed by atoms with Crippen molar-refractivity contribution in [3.8, 4) is 11.5 Å². The number of hydrogen-bond donors (Lipinski definition) is 1. The molecule has 0 atom stereocenters. The number of para-hydroxylation sites is 1. The van der Waals surface area contributed by atoms with Gasteiger partial charge in [-0.3, -0.25) is 9.59 Å². The fourth-order valence-corrected chi connectivity index (χ4v) is 3.28. The minimum absolute atomic E-state index is 0.0636. The summed E-state index contributed by atoms with van der Waals surface area (Å²) in [6.07, 6.45) is 0. The Balaban J connectivity index is 1.71. The maximum atomic E-state index is 13.2. The summed E-state index contributed by atoms with van der Waals surface area (Å²) < 4.78 is 16.5. The number of anilines is 1. The number of ether oxygens (including phenoxy) is 2. The molecule has 1 heterocycles. The summed E-state index contributed by atoms with van der Waals surface area (Å²) >= 11 is 0. The SMILES string of the molecule is CCOc1ccc(C(=O)Nc2c(C(=O)c3cccc(OC)c3)oc3ccccc23)cc1. The van der Waals surface area contributed by atoms with Crippen molar-refractivity contribution in [2.24, 2.45) is 0 Å². The van der Waals surface area contributed by atoms with Crippen LogP contribution in [0.15, 0.2) is 77.2 Å². The highest BCUT2D eigenvalue weighted by molar-refractivity contribution is 6.18. The molecule has 0 unspecified atom stereocenters. The zero-order valence-corrected chi connectivity index (χ0v) is 17.2. The third-order valence-electron chi connectivity index (χ3n) is 4.80. The van der Waals surface area contributed by atoms with Gasteiger partial charge in [-0.1, -0.05) is 24.3 Å². The van der Waals surface area contributed by atoms with Crippen LogP contribution >= 0.6 is 0 Å². The standard InChI is InChI=1S/C25H21NO5/c1-3-30-18-13-11-16(12-14-18)25(28)26-22-20-9-4-5-10-21(20)31-24(22)23(27)17-7-6-8-19(15-17)29-2/h4-15H,3H2,1-2H3,(H,26,28). The molecule has 156 valence electrons. The molecule has 1 aromatic heterocycles. The van der Waals surface area contributed by atoms with Gasteiger partial charge in [0.15, 0.2) is 5.76 Å². The predicted octanol–water partition coefficient (Wildman–Crippen LogP) is 5.32. The van der Waals surface area contributed by atoms with Crippen molar-refractivity contribution in [2.45, 2.75) is 6.92 Å². The van der Waals surface area contributed by atoms with E-state index in [1.807, 2.05) is 19.1 Å². The van der Waals surface area contributed by atoms with E-state index in [1.165, 1.54) is 7.11 Å². The lowest BCUT2D eigenvalue weighted by molar-refractivity contribution is 0.101. The smallest absolute Gasteiger partial charge is 0.255 e. The number of benzene rings is 3. The van der Waals surface area contributed by atoms with Crippen LogP contribution in [0.3, 0.4) is 0 Å². The molecule has 4 aromatic rings. The quantitative estimate of drug-likeness (QED) is 0.413. The van der Waals surface area contributed by atoms with Crippen LogP contribution in [0.4, 0.5) is 5.69 Å². The van der Waals surface area contributed by atoms with Crippen molar-refractivity contribution in [1.82, 2.24) is 0 Å². The van der Waals surface area contributed by atoms with E-state index in [4.69, 9.17) is 13.9 Å². The van der Waals surface area contributed by atoms with Crippen molar-refractivity contribution in [3.63, 3.8) is 0 Å². The Morgan fingerprint density at radius 2 is 1.68 bits per heavy atom. The molecule has 6 heteroatoms. The van der Waals surface area contributed by atoms with Crippen LogP contribution in [0.2, 0.25) is 0 Å². The van der Waals surface area contributed by atoms with Gasteiger partial charge in [-0.15, -0.1) is 0 Å². The first-order chi connectivity index (χ1) is 15.1. The zero-order chi connectivity index (χ0) is 21.8. The Morgan fingerprint density at radius 1 is 0.903 bits per heavy atom. The van der Waals surface area contributed by atoms with Gasteiger partial charge in [0, 0.05) is 16.5 Å². The van der Waals surface area contributed by atoms with E-state index in [-0.39, 0.29) is 17.5 Å². The minimum atomic E-state index is -0.353. The molecule has 6 nitrogen and oxygen atoms in total. The number of carbonyl (C=O) groups is 2. The Kier molecular flexibility index (Phi) is 5.71. The monoisotopic (exact) mass is 415 g/mol. The molecule has 31 heavy (non-hydrogen) atoms. The molecule has 0 aliphatic carbocycles. The van der Waals surface area contributed by atoms with Gasteiger partial charge >= 0.3 is 0 Å². The van der Waals surface area contributed by atoms with Crippen LogP contribution in [0.5, 0.6) is 11.5 Å². The lowest BCUT2D eigenvalue weighted by Gasteiger charge is -2.08. The van der Waals surface area contributed by atoms with Crippen molar-refractivity contribution in [2.75, 3.05) is 19.0 Å². The number of ketones is 1. The number of fused-ring (bicyclic) bond motifs is 1. The third-order valence-corrected chi connectivity index (χ3v) is 4.80. The van der Waals surface area contributed by atoms with Crippen LogP contribution < -0.4 is 14.8 Å². The topological polar surface area (TPSA) is 77.8 Å². The van der Waals surface area contributed by atoms with Crippen LogP contribution in [-0.4, -0.2) is 25.4 Å². The fraction of sp³-hybridized carbons (Fsp3) is 0.120. The molecule has 0 aliphatic rings. The van der Waals surface area contributed by atoms with E-state index < -0.39 is 0 Å². The van der Waals surface area contributed by atoms with E-state index >= 15 is 0 Å². The number of hydrogen-bond acceptors (Lipinski definition) is 5. The number of amides is 1. The van der Waals surface area contributed by atoms with Gasteiger partial charge in [0.05, 0.1) is 19.4 Å². The molecule has 0 saturated heterocycles. The van der Waals surface area contributed by atoms with Crippen molar-refractivity contribution in [1.29, 1.82) is 0 Å². The van der Waals surface area contributed by atoms with Gasteiger partial charge in [-0.25, -0.2) is 0 Å². The predicted molar refractivity (Wildman–Crippen MR) is 118 cm³/mol. The summed E-state index contributed by atoms with van der Waals surface area (Å²) in [4.78, 5) is 26.1. The molecule has 0 fully saturated rings. The zero-order valence-electron chi connectivity index (χ0n) is 17.2. The third kappa shape index (κ3) is 4.14. The van der Waals surface area contributed by atoms with Crippen molar-refractivity contribution < 1.29 is 23.5 Å². The largest absolute Gasteiger partial charge is 0.497 e. The van der Waals surface area contributed by atoms with Gasteiger partial charge in [-0.05, 0) is 55.5 Å². The molecular formula is C25H21NO5. The second-order valence-electron chi connectivity index (χ2n) is 6.77. The number of methoxy groups -OCH3 is 1. The molecule has 0 radical (unpaired) electrons. The maximum absolute atomic E-state index is 13.2.